The fourth-order valence-corrected chi connectivity index (χ4v) is 3.52. The Morgan fingerprint density at radius 1 is 1.25 bits per heavy atom. The Labute approximate surface area is 126 Å². The zero-order valence-electron chi connectivity index (χ0n) is 11.7. The quantitative estimate of drug-likeness (QED) is 0.900. The number of amides is 1. The van der Waals surface area contributed by atoms with Crippen LogP contribution in [0.4, 0.5) is 0 Å². The van der Waals surface area contributed by atoms with E-state index in [0.717, 1.165) is 25.7 Å². The number of nitrogens with two attached hydrogens (primary N) is 1. The van der Waals surface area contributed by atoms with Crippen molar-refractivity contribution in [3.05, 3.63) is 35.4 Å². The largest absolute Gasteiger partial charge is 0.349 e. The Bertz CT molecular complexity index is 477. The summed E-state index contributed by atoms with van der Waals surface area (Å²) < 4.78 is 0. The number of aryl methyl sites for hydroxylation is 1. The number of hydrogen-bond donors (Lipinski definition) is 2. The highest BCUT2D eigenvalue weighted by atomic mass is 35.5. The van der Waals surface area contributed by atoms with Crippen molar-refractivity contribution in [3.63, 3.8) is 0 Å². The van der Waals surface area contributed by atoms with E-state index in [1.165, 1.54) is 17.5 Å². The molecule has 0 spiro atoms. The fourth-order valence-electron chi connectivity index (χ4n) is 3.52. The van der Waals surface area contributed by atoms with Gasteiger partial charge in [0.05, 0.1) is 6.04 Å². The predicted octanol–water partition coefficient (Wildman–Crippen LogP) is 2.73. The molecule has 20 heavy (non-hydrogen) atoms. The average molecular weight is 295 g/mol. The van der Waals surface area contributed by atoms with Crippen LogP contribution in [0.1, 0.15) is 49.3 Å². The van der Waals surface area contributed by atoms with E-state index in [1.807, 2.05) is 0 Å². The molecule has 1 fully saturated rings. The highest BCUT2D eigenvalue weighted by Gasteiger charge is 2.28. The first-order chi connectivity index (χ1) is 9.24. The second-order valence-corrected chi connectivity index (χ2v) is 5.92. The molecule has 3 N–H and O–H groups in total. The minimum absolute atomic E-state index is 0. The molecule has 4 heteroatoms. The summed E-state index contributed by atoms with van der Waals surface area (Å²) in [4.78, 5) is 12.1. The number of fused-ring (bicyclic) bond motifs is 1. The van der Waals surface area contributed by atoms with Crippen molar-refractivity contribution >= 4 is 18.3 Å². The topological polar surface area (TPSA) is 55.1 Å². The molecule has 1 saturated carbocycles. The van der Waals surface area contributed by atoms with Gasteiger partial charge in [-0.05, 0) is 42.7 Å². The van der Waals surface area contributed by atoms with E-state index in [-0.39, 0.29) is 30.4 Å². The molecular formula is C16H23ClN2O. The summed E-state index contributed by atoms with van der Waals surface area (Å²) in [7, 11) is 0. The second-order valence-electron chi connectivity index (χ2n) is 5.92. The third kappa shape index (κ3) is 3.15. The lowest BCUT2D eigenvalue weighted by Gasteiger charge is -2.18. The summed E-state index contributed by atoms with van der Waals surface area (Å²) in [6.45, 7) is 0. The van der Waals surface area contributed by atoms with Gasteiger partial charge in [-0.25, -0.2) is 0 Å². The van der Waals surface area contributed by atoms with Crippen LogP contribution in [0.5, 0.6) is 0 Å². The minimum Gasteiger partial charge on any atom is -0.349 e. The van der Waals surface area contributed by atoms with Gasteiger partial charge in [0.2, 0.25) is 5.91 Å². The molecule has 0 bridgehead atoms. The highest BCUT2D eigenvalue weighted by molar-refractivity contribution is 5.85. The molecule has 1 aromatic rings. The Hall–Kier alpha value is -1.06. The van der Waals surface area contributed by atoms with Gasteiger partial charge in [-0.1, -0.05) is 30.7 Å². The molecule has 0 aliphatic heterocycles. The maximum atomic E-state index is 12.1. The van der Waals surface area contributed by atoms with Gasteiger partial charge in [0.25, 0.3) is 0 Å². The zero-order valence-corrected chi connectivity index (χ0v) is 12.5. The predicted molar refractivity (Wildman–Crippen MR) is 82.8 cm³/mol. The number of hydrogen-bond acceptors (Lipinski definition) is 2. The Balaban J connectivity index is 0.00000147. The van der Waals surface area contributed by atoms with E-state index in [2.05, 4.69) is 29.6 Å². The molecular weight excluding hydrogens is 272 g/mol. The number of halogens is 1. The second kappa shape index (κ2) is 6.59. The first-order valence-corrected chi connectivity index (χ1v) is 7.37. The summed E-state index contributed by atoms with van der Waals surface area (Å²) in [5, 5.41) is 3.19. The fraction of sp³-hybridized carbons (Fsp3) is 0.562. The number of rotatable bonds is 3. The standard InChI is InChI=1S/C16H22N2O.ClH/c17-14-7-3-5-12(14)10-16(19)18-15-9-8-11-4-1-2-6-13(11)15;/h1-2,4,6,12,14-15H,3,5,7-10,17H2,(H,18,19);1H/t12-,14+,15?;/m0./s1. The molecule has 3 atom stereocenters. The van der Waals surface area contributed by atoms with Crippen molar-refractivity contribution in [2.24, 2.45) is 11.7 Å². The van der Waals surface area contributed by atoms with Crippen molar-refractivity contribution in [1.29, 1.82) is 0 Å². The first kappa shape index (κ1) is 15.3. The monoisotopic (exact) mass is 294 g/mol. The molecule has 1 aromatic carbocycles. The summed E-state index contributed by atoms with van der Waals surface area (Å²) in [5.41, 5.74) is 8.71. The number of carbonyl (C=O) groups excluding carboxylic acids is 1. The molecule has 2 aliphatic rings. The third-order valence-corrected chi connectivity index (χ3v) is 4.63. The Morgan fingerprint density at radius 2 is 2.05 bits per heavy atom. The van der Waals surface area contributed by atoms with E-state index in [0.29, 0.717) is 12.3 Å². The molecule has 2 aliphatic carbocycles. The van der Waals surface area contributed by atoms with Gasteiger partial charge in [0.1, 0.15) is 0 Å². The van der Waals surface area contributed by atoms with Gasteiger partial charge >= 0.3 is 0 Å². The lowest BCUT2D eigenvalue weighted by molar-refractivity contribution is -0.122. The Morgan fingerprint density at radius 3 is 2.80 bits per heavy atom. The number of carbonyl (C=O) groups is 1. The van der Waals surface area contributed by atoms with Crippen molar-refractivity contribution in [2.75, 3.05) is 0 Å². The SMILES string of the molecule is Cl.N[C@@H]1CCC[C@H]1CC(=O)NC1CCc2ccccc21. The van der Waals surface area contributed by atoms with Crippen LogP contribution >= 0.6 is 12.4 Å². The lowest BCUT2D eigenvalue weighted by Crippen LogP contribution is -2.33. The van der Waals surface area contributed by atoms with Crippen LogP contribution in [-0.2, 0) is 11.2 Å². The Kier molecular flexibility index (Phi) is 5.06. The first-order valence-electron chi connectivity index (χ1n) is 7.37. The molecule has 3 nitrogen and oxygen atoms in total. The molecule has 0 heterocycles. The van der Waals surface area contributed by atoms with Crippen molar-refractivity contribution in [1.82, 2.24) is 5.32 Å². The van der Waals surface area contributed by atoms with Gasteiger partial charge < -0.3 is 11.1 Å². The van der Waals surface area contributed by atoms with Crippen molar-refractivity contribution < 1.29 is 4.79 Å². The molecule has 3 rings (SSSR count). The maximum absolute atomic E-state index is 12.1. The molecule has 0 radical (unpaired) electrons. The maximum Gasteiger partial charge on any atom is 0.220 e. The van der Waals surface area contributed by atoms with Gasteiger partial charge in [0, 0.05) is 12.5 Å². The summed E-state index contributed by atoms with van der Waals surface area (Å²) in [6, 6.07) is 8.85. The third-order valence-electron chi connectivity index (χ3n) is 4.63. The van der Waals surface area contributed by atoms with Crippen LogP contribution in [0, 0.1) is 5.92 Å². The van der Waals surface area contributed by atoms with E-state index in [9.17, 15) is 4.79 Å². The number of benzene rings is 1. The molecule has 0 saturated heterocycles. The van der Waals surface area contributed by atoms with Crippen LogP contribution in [0.3, 0.4) is 0 Å². The van der Waals surface area contributed by atoms with Gasteiger partial charge in [0.15, 0.2) is 0 Å². The normalized spacial score (nSPS) is 27.8. The molecule has 1 amide bonds. The zero-order chi connectivity index (χ0) is 13.2. The van der Waals surface area contributed by atoms with E-state index < -0.39 is 0 Å². The van der Waals surface area contributed by atoms with E-state index in [1.54, 1.807) is 0 Å². The average Bonchev–Trinajstić information content (AvgIpc) is 2.98. The van der Waals surface area contributed by atoms with Crippen molar-refractivity contribution in [3.8, 4) is 0 Å². The van der Waals surface area contributed by atoms with E-state index in [4.69, 9.17) is 5.73 Å². The van der Waals surface area contributed by atoms with Crippen LogP contribution in [0.25, 0.3) is 0 Å². The van der Waals surface area contributed by atoms with E-state index >= 15 is 0 Å². The summed E-state index contributed by atoms with van der Waals surface area (Å²) in [5.74, 6) is 0.556. The van der Waals surface area contributed by atoms with Crippen LogP contribution in [0.2, 0.25) is 0 Å². The van der Waals surface area contributed by atoms with Crippen LogP contribution in [-0.4, -0.2) is 11.9 Å². The highest BCUT2D eigenvalue weighted by Crippen LogP contribution is 2.31. The lowest BCUT2D eigenvalue weighted by atomic mass is 9.99. The van der Waals surface area contributed by atoms with Crippen LogP contribution in [0.15, 0.2) is 24.3 Å². The summed E-state index contributed by atoms with van der Waals surface area (Å²) in [6.07, 6.45) is 6.05. The van der Waals surface area contributed by atoms with Crippen molar-refractivity contribution in [2.45, 2.75) is 50.6 Å². The smallest absolute Gasteiger partial charge is 0.220 e. The minimum atomic E-state index is 0. The van der Waals surface area contributed by atoms with Crippen LogP contribution < -0.4 is 11.1 Å². The molecule has 110 valence electrons. The van der Waals surface area contributed by atoms with Gasteiger partial charge in [-0.3, -0.25) is 4.79 Å². The number of nitrogens with one attached hydrogen (secondary N) is 1. The van der Waals surface area contributed by atoms with Gasteiger partial charge in [-0.2, -0.15) is 0 Å². The molecule has 0 aromatic heterocycles. The van der Waals surface area contributed by atoms with Gasteiger partial charge in [-0.15, -0.1) is 12.4 Å². The summed E-state index contributed by atoms with van der Waals surface area (Å²) >= 11 is 0. The molecule has 1 unspecified atom stereocenters.